The molecule has 7 heteroatoms. The zero-order valence-electron chi connectivity index (χ0n) is 14.8. The van der Waals surface area contributed by atoms with Gasteiger partial charge in [-0.2, -0.15) is 0 Å². The molecule has 5 nitrogen and oxygen atoms in total. The van der Waals surface area contributed by atoms with Gasteiger partial charge in [-0.25, -0.2) is 8.78 Å². The summed E-state index contributed by atoms with van der Waals surface area (Å²) in [4.78, 5) is 12.2. The molecule has 0 heterocycles. The summed E-state index contributed by atoms with van der Waals surface area (Å²) in [6.07, 6.45) is -0.990. The number of benzene rings is 2. The van der Waals surface area contributed by atoms with Crippen LogP contribution in [0.15, 0.2) is 36.4 Å². The predicted octanol–water partition coefficient (Wildman–Crippen LogP) is 3.22. The first kappa shape index (κ1) is 19.7. The van der Waals surface area contributed by atoms with E-state index >= 15 is 0 Å². The molecule has 0 saturated carbocycles. The Morgan fingerprint density at radius 2 is 1.73 bits per heavy atom. The largest absolute Gasteiger partial charge is 0.493 e. The van der Waals surface area contributed by atoms with Crippen molar-refractivity contribution in [2.75, 3.05) is 13.7 Å². The highest BCUT2D eigenvalue weighted by Gasteiger charge is 2.22. The van der Waals surface area contributed by atoms with E-state index < -0.39 is 35.0 Å². The van der Waals surface area contributed by atoms with E-state index in [0.717, 1.165) is 19.2 Å². The lowest BCUT2D eigenvalue weighted by Gasteiger charge is -2.15. The zero-order valence-corrected chi connectivity index (χ0v) is 14.8. The van der Waals surface area contributed by atoms with Gasteiger partial charge in [0.1, 0.15) is 17.1 Å². The molecule has 0 fully saturated rings. The first-order valence-corrected chi connectivity index (χ1v) is 8.08. The number of hydrogen-bond acceptors (Lipinski definition) is 4. The molecule has 26 heavy (non-hydrogen) atoms. The number of hydrogen-bond donors (Lipinski definition) is 2. The van der Waals surface area contributed by atoms with E-state index in [2.05, 4.69) is 5.32 Å². The van der Waals surface area contributed by atoms with Crippen molar-refractivity contribution in [3.05, 3.63) is 59.2 Å². The summed E-state index contributed by atoms with van der Waals surface area (Å²) in [6, 6.07) is 8.46. The van der Waals surface area contributed by atoms with Crippen molar-refractivity contribution in [1.82, 2.24) is 5.32 Å². The molecule has 0 saturated heterocycles. The number of aliphatic hydroxyl groups excluding tert-OH is 1. The summed E-state index contributed by atoms with van der Waals surface area (Å²) in [5.41, 5.74) is 0.00784. The van der Waals surface area contributed by atoms with Gasteiger partial charge in [0.15, 0.2) is 11.6 Å². The van der Waals surface area contributed by atoms with Crippen molar-refractivity contribution in [3.63, 3.8) is 0 Å². The molecule has 1 atom stereocenters. The molecular weight excluding hydrogens is 344 g/mol. The molecule has 2 aromatic carbocycles. The number of methoxy groups -OCH3 is 1. The molecule has 2 N–H and O–H groups in total. The fraction of sp³-hybridized carbons (Fsp3) is 0.316. The van der Waals surface area contributed by atoms with Gasteiger partial charge in [0.2, 0.25) is 0 Å². The highest BCUT2D eigenvalue weighted by Crippen LogP contribution is 2.25. The average molecular weight is 365 g/mol. The number of carbonyl (C=O) groups is 1. The van der Waals surface area contributed by atoms with Crippen LogP contribution in [-0.4, -0.2) is 30.8 Å². The second-order valence-corrected chi connectivity index (χ2v) is 5.90. The summed E-state index contributed by atoms with van der Waals surface area (Å²) in [5.74, 6) is -2.46. The Kier molecular flexibility index (Phi) is 6.52. The average Bonchev–Trinajstić information content (AvgIpc) is 2.61. The van der Waals surface area contributed by atoms with Gasteiger partial charge in [-0.05, 0) is 43.7 Å². The van der Waals surface area contributed by atoms with Crippen molar-refractivity contribution in [1.29, 1.82) is 0 Å². The van der Waals surface area contributed by atoms with Gasteiger partial charge in [-0.15, -0.1) is 0 Å². The van der Waals surface area contributed by atoms with Gasteiger partial charge in [0, 0.05) is 6.54 Å². The number of amides is 1. The van der Waals surface area contributed by atoms with Gasteiger partial charge in [-0.1, -0.05) is 12.1 Å². The van der Waals surface area contributed by atoms with Crippen LogP contribution in [0.5, 0.6) is 11.5 Å². The van der Waals surface area contributed by atoms with E-state index in [-0.39, 0.29) is 12.6 Å². The highest BCUT2D eigenvalue weighted by atomic mass is 19.1. The molecule has 2 rings (SSSR count). The summed E-state index contributed by atoms with van der Waals surface area (Å²) in [6.45, 7) is 3.62. The van der Waals surface area contributed by atoms with E-state index in [4.69, 9.17) is 9.47 Å². The molecule has 1 unspecified atom stereocenters. The van der Waals surface area contributed by atoms with Crippen LogP contribution in [0.1, 0.15) is 35.9 Å². The van der Waals surface area contributed by atoms with Crippen molar-refractivity contribution < 1.29 is 28.2 Å². The van der Waals surface area contributed by atoms with Crippen LogP contribution in [0.4, 0.5) is 8.78 Å². The minimum absolute atomic E-state index is 0.0289. The monoisotopic (exact) mass is 365 g/mol. The summed E-state index contributed by atoms with van der Waals surface area (Å²) in [5, 5.41) is 12.6. The molecule has 1 amide bonds. The second-order valence-electron chi connectivity index (χ2n) is 5.90. The Bertz CT molecular complexity index is 763. The molecule has 0 spiro atoms. The summed E-state index contributed by atoms with van der Waals surface area (Å²) in [7, 11) is 1.14. The molecular formula is C19H21F2NO4. The summed E-state index contributed by atoms with van der Waals surface area (Å²) < 4.78 is 37.8. The second kappa shape index (κ2) is 8.62. The van der Waals surface area contributed by atoms with E-state index in [1.807, 2.05) is 13.8 Å². The predicted molar refractivity (Wildman–Crippen MR) is 92.4 cm³/mol. The Morgan fingerprint density at radius 1 is 1.12 bits per heavy atom. The lowest BCUT2D eigenvalue weighted by atomic mass is 10.1. The van der Waals surface area contributed by atoms with E-state index in [9.17, 15) is 18.7 Å². The third-order valence-electron chi connectivity index (χ3n) is 3.58. The lowest BCUT2D eigenvalue weighted by molar-refractivity contribution is 0.0908. The Labute approximate surface area is 150 Å². The molecule has 0 aromatic heterocycles. The molecule has 0 radical (unpaired) electrons. The van der Waals surface area contributed by atoms with Crippen LogP contribution >= 0.6 is 0 Å². The first-order valence-electron chi connectivity index (χ1n) is 8.08. The smallest absolute Gasteiger partial charge is 0.258 e. The van der Waals surface area contributed by atoms with Gasteiger partial charge in [-0.3, -0.25) is 4.79 Å². The van der Waals surface area contributed by atoms with E-state index in [0.29, 0.717) is 11.3 Å². The summed E-state index contributed by atoms with van der Waals surface area (Å²) >= 11 is 0. The maximum Gasteiger partial charge on any atom is 0.258 e. The number of nitrogens with one attached hydrogen (secondary N) is 1. The third kappa shape index (κ3) is 4.70. The molecule has 0 aliphatic rings. The number of ether oxygens (including phenoxy) is 2. The zero-order chi connectivity index (χ0) is 19.3. The standard InChI is InChI=1S/C19H21F2NO4/c1-11(2)26-13-6-4-12(5-7-13)16(23)10-22-19(24)17-14(20)8-9-15(21)18(17)25-3/h4-9,11,16,23H,10H2,1-3H3,(H,22,24). The highest BCUT2D eigenvalue weighted by molar-refractivity contribution is 5.97. The first-order chi connectivity index (χ1) is 12.3. The fourth-order valence-electron chi connectivity index (χ4n) is 2.38. The van der Waals surface area contributed by atoms with Crippen LogP contribution in [0.25, 0.3) is 0 Å². The number of halogens is 2. The van der Waals surface area contributed by atoms with Crippen LogP contribution in [0.3, 0.4) is 0 Å². The van der Waals surface area contributed by atoms with Gasteiger partial charge in [0.05, 0.1) is 19.3 Å². The van der Waals surface area contributed by atoms with Crippen molar-refractivity contribution in [2.45, 2.75) is 26.1 Å². The van der Waals surface area contributed by atoms with E-state index in [1.165, 1.54) is 0 Å². The van der Waals surface area contributed by atoms with Gasteiger partial charge in [0.25, 0.3) is 5.91 Å². The topological polar surface area (TPSA) is 67.8 Å². The Hall–Kier alpha value is -2.67. The number of carbonyl (C=O) groups excluding carboxylic acids is 1. The maximum atomic E-state index is 13.9. The van der Waals surface area contributed by atoms with Crippen molar-refractivity contribution in [2.24, 2.45) is 0 Å². The molecule has 2 aromatic rings. The number of aliphatic hydroxyl groups is 1. The fourth-order valence-corrected chi connectivity index (χ4v) is 2.38. The van der Waals surface area contributed by atoms with Crippen LogP contribution in [0, 0.1) is 11.6 Å². The normalized spacial score (nSPS) is 12.0. The van der Waals surface area contributed by atoms with Gasteiger partial charge < -0.3 is 19.9 Å². The van der Waals surface area contributed by atoms with Crippen molar-refractivity contribution in [3.8, 4) is 11.5 Å². The van der Waals surface area contributed by atoms with Crippen LogP contribution < -0.4 is 14.8 Å². The Morgan fingerprint density at radius 3 is 2.31 bits per heavy atom. The van der Waals surface area contributed by atoms with Gasteiger partial charge >= 0.3 is 0 Å². The Balaban J connectivity index is 2.04. The van der Waals surface area contributed by atoms with E-state index in [1.54, 1.807) is 24.3 Å². The third-order valence-corrected chi connectivity index (χ3v) is 3.58. The number of rotatable bonds is 7. The quantitative estimate of drug-likeness (QED) is 0.791. The van der Waals surface area contributed by atoms with Crippen LogP contribution in [-0.2, 0) is 0 Å². The van der Waals surface area contributed by atoms with Crippen molar-refractivity contribution >= 4 is 5.91 Å². The SMILES string of the molecule is COc1c(F)ccc(F)c1C(=O)NCC(O)c1ccc(OC(C)C)cc1. The molecule has 0 aliphatic heterocycles. The molecule has 0 bridgehead atoms. The minimum Gasteiger partial charge on any atom is -0.493 e. The lowest BCUT2D eigenvalue weighted by Crippen LogP contribution is -2.29. The molecule has 140 valence electrons. The maximum absolute atomic E-state index is 13.9. The minimum atomic E-state index is -1.02. The van der Waals surface area contributed by atoms with Crippen LogP contribution in [0.2, 0.25) is 0 Å². The molecule has 0 aliphatic carbocycles.